The minimum absolute atomic E-state index is 0.360. The van der Waals surface area contributed by atoms with Crippen LogP contribution in [0.25, 0.3) is 0 Å². The highest BCUT2D eigenvalue weighted by atomic mass is 35.5. The van der Waals surface area contributed by atoms with Crippen molar-refractivity contribution in [3.8, 4) is 0 Å². The third-order valence-corrected chi connectivity index (χ3v) is 2.82. The molecule has 0 aliphatic heterocycles. The van der Waals surface area contributed by atoms with Crippen molar-refractivity contribution >= 4 is 23.2 Å². The predicted octanol–water partition coefficient (Wildman–Crippen LogP) is 3.58. The van der Waals surface area contributed by atoms with E-state index in [1.807, 2.05) is 0 Å². The first-order valence-electron chi connectivity index (χ1n) is 4.89. The Morgan fingerprint density at radius 2 is 1.82 bits per heavy atom. The molecule has 88 valence electrons. The third kappa shape index (κ3) is 2.75. The molecule has 0 amide bonds. The van der Waals surface area contributed by atoms with E-state index in [4.69, 9.17) is 28.9 Å². The summed E-state index contributed by atoms with van der Waals surface area (Å²) in [6.07, 6.45) is 2.62. The van der Waals surface area contributed by atoms with Crippen LogP contribution in [0.3, 0.4) is 0 Å². The molecule has 2 aromatic rings. The zero-order valence-electron chi connectivity index (χ0n) is 8.70. The normalized spacial score (nSPS) is 12.5. The summed E-state index contributed by atoms with van der Waals surface area (Å²) in [6.45, 7) is 0. The van der Waals surface area contributed by atoms with E-state index >= 15 is 0 Å². The highest BCUT2D eigenvalue weighted by molar-refractivity contribution is 6.34. The number of benzene rings is 1. The Labute approximate surface area is 108 Å². The average Bonchev–Trinajstić information content (AvgIpc) is 2.27. The molecule has 17 heavy (non-hydrogen) atoms. The van der Waals surface area contributed by atoms with Crippen LogP contribution < -0.4 is 5.73 Å². The molecule has 5 heteroatoms. The molecule has 2 N–H and O–H groups in total. The second-order valence-corrected chi connectivity index (χ2v) is 4.45. The van der Waals surface area contributed by atoms with E-state index in [9.17, 15) is 4.39 Å². The summed E-state index contributed by atoms with van der Waals surface area (Å²) in [5.74, 6) is -0.448. The smallest absolute Gasteiger partial charge is 0.146 e. The maximum atomic E-state index is 13.5. The largest absolute Gasteiger partial charge is 0.320 e. The molecule has 2 nitrogen and oxygen atoms in total. The number of nitrogens with two attached hydrogens (primary N) is 1. The van der Waals surface area contributed by atoms with E-state index in [1.54, 1.807) is 18.2 Å². The molecule has 0 spiro atoms. The van der Waals surface area contributed by atoms with Crippen molar-refractivity contribution in [2.75, 3.05) is 0 Å². The zero-order valence-corrected chi connectivity index (χ0v) is 10.2. The fraction of sp³-hybridized carbons (Fsp3) is 0.0833. The molecule has 0 aliphatic rings. The van der Waals surface area contributed by atoms with Crippen molar-refractivity contribution in [2.45, 2.75) is 6.04 Å². The second-order valence-electron chi connectivity index (χ2n) is 3.58. The van der Waals surface area contributed by atoms with E-state index in [0.717, 1.165) is 6.20 Å². The van der Waals surface area contributed by atoms with Gasteiger partial charge in [0.2, 0.25) is 0 Å². The maximum absolute atomic E-state index is 13.5. The van der Waals surface area contributed by atoms with Crippen LogP contribution in [0.15, 0.2) is 36.7 Å². The van der Waals surface area contributed by atoms with Gasteiger partial charge in [-0.15, -0.1) is 0 Å². The van der Waals surface area contributed by atoms with E-state index < -0.39 is 11.9 Å². The number of pyridine rings is 1. The summed E-state index contributed by atoms with van der Waals surface area (Å²) in [6, 6.07) is 5.85. The van der Waals surface area contributed by atoms with E-state index in [1.165, 1.54) is 12.3 Å². The van der Waals surface area contributed by atoms with Crippen molar-refractivity contribution in [3.63, 3.8) is 0 Å². The molecule has 1 heterocycles. The molecular formula is C12H9Cl2FN2. The standard InChI is InChI=1S/C12H9Cl2FN2/c13-8-3-7(4-9(14)5-8)12(16)10-1-2-17-6-11(10)15/h1-6,12H,16H2. The first-order valence-corrected chi connectivity index (χ1v) is 5.64. The molecule has 1 unspecified atom stereocenters. The van der Waals surface area contributed by atoms with Crippen LogP contribution >= 0.6 is 23.2 Å². The SMILES string of the molecule is NC(c1cc(Cl)cc(Cl)c1)c1ccncc1F. The first kappa shape index (κ1) is 12.3. The predicted molar refractivity (Wildman–Crippen MR) is 66.7 cm³/mol. The molecule has 2 rings (SSSR count). The lowest BCUT2D eigenvalue weighted by atomic mass is 10.0. The van der Waals surface area contributed by atoms with Crippen LogP contribution in [0.1, 0.15) is 17.2 Å². The van der Waals surface area contributed by atoms with Gasteiger partial charge in [0.25, 0.3) is 0 Å². The van der Waals surface area contributed by atoms with Gasteiger partial charge in [-0.25, -0.2) is 4.39 Å². The molecule has 0 saturated heterocycles. The number of rotatable bonds is 2. The first-order chi connectivity index (χ1) is 8.08. The van der Waals surface area contributed by atoms with Crippen molar-refractivity contribution < 1.29 is 4.39 Å². The van der Waals surface area contributed by atoms with Gasteiger partial charge < -0.3 is 5.73 Å². The number of halogens is 3. The lowest BCUT2D eigenvalue weighted by Gasteiger charge is -2.13. The van der Waals surface area contributed by atoms with Crippen LogP contribution in [0.5, 0.6) is 0 Å². The second kappa shape index (κ2) is 5.00. The van der Waals surface area contributed by atoms with Gasteiger partial charge in [-0.05, 0) is 29.8 Å². The van der Waals surface area contributed by atoms with Crippen molar-refractivity contribution in [2.24, 2.45) is 5.73 Å². The minimum Gasteiger partial charge on any atom is -0.320 e. The molecule has 0 fully saturated rings. The lowest BCUT2D eigenvalue weighted by Crippen LogP contribution is -2.13. The summed E-state index contributed by atoms with van der Waals surface area (Å²) in [7, 11) is 0. The molecule has 0 aliphatic carbocycles. The van der Waals surface area contributed by atoms with Crippen LogP contribution in [0.2, 0.25) is 10.0 Å². The van der Waals surface area contributed by atoms with E-state index in [0.29, 0.717) is 21.2 Å². The monoisotopic (exact) mass is 270 g/mol. The summed E-state index contributed by atoms with van der Waals surface area (Å²) in [5.41, 5.74) is 6.99. The van der Waals surface area contributed by atoms with Crippen LogP contribution in [0, 0.1) is 5.82 Å². The van der Waals surface area contributed by atoms with Crippen molar-refractivity contribution in [1.29, 1.82) is 0 Å². The number of hydrogen-bond acceptors (Lipinski definition) is 2. The van der Waals surface area contributed by atoms with Gasteiger partial charge in [0.1, 0.15) is 5.82 Å². The Morgan fingerprint density at radius 3 is 2.41 bits per heavy atom. The van der Waals surface area contributed by atoms with Gasteiger partial charge in [-0.1, -0.05) is 23.2 Å². The molecule has 0 saturated carbocycles. The summed E-state index contributed by atoms with van der Waals surface area (Å²) in [4.78, 5) is 3.67. The average molecular weight is 271 g/mol. The molecule has 1 aromatic heterocycles. The third-order valence-electron chi connectivity index (χ3n) is 2.38. The highest BCUT2D eigenvalue weighted by Gasteiger charge is 2.14. The summed E-state index contributed by atoms with van der Waals surface area (Å²) < 4.78 is 13.5. The van der Waals surface area contributed by atoms with Crippen LogP contribution in [-0.2, 0) is 0 Å². The zero-order chi connectivity index (χ0) is 12.4. The lowest BCUT2D eigenvalue weighted by molar-refractivity contribution is 0.593. The van der Waals surface area contributed by atoms with Gasteiger partial charge in [0.15, 0.2) is 0 Å². The van der Waals surface area contributed by atoms with Crippen LogP contribution in [0.4, 0.5) is 4.39 Å². The van der Waals surface area contributed by atoms with Gasteiger partial charge in [-0.2, -0.15) is 0 Å². The topological polar surface area (TPSA) is 38.9 Å². The molecule has 0 bridgehead atoms. The van der Waals surface area contributed by atoms with Crippen molar-refractivity contribution in [1.82, 2.24) is 4.98 Å². The fourth-order valence-corrected chi connectivity index (χ4v) is 2.12. The maximum Gasteiger partial charge on any atom is 0.146 e. The van der Waals surface area contributed by atoms with Gasteiger partial charge in [-0.3, -0.25) is 4.98 Å². The molecule has 1 atom stereocenters. The van der Waals surface area contributed by atoms with Crippen molar-refractivity contribution in [3.05, 3.63) is 63.6 Å². The number of hydrogen-bond donors (Lipinski definition) is 1. The molecule has 1 aromatic carbocycles. The van der Waals surface area contributed by atoms with Crippen LogP contribution in [-0.4, -0.2) is 4.98 Å². The number of nitrogens with zero attached hydrogens (tertiary/aromatic N) is 1. The highest BCUT2D eigenvalue weighted by Crippen LogP contribution is 2.27. The van der Waals surface area contributed by atoms with Gasteiger partial charge >= 0.3 is 0 Å². The van der Waals surface area contributed by atoms with Gasteiger partial charge in [0.05, 0.1) is 12.2 Å². The summed E-state index contributed by atoms with van der Waals surface area (Å²) >= 11 is 11.8. The minimum atomic E-state index is -0.616. The van der Waals surface area contributed by atoms with E-state index in [2.05, 4.69) is 4.98 Å². The Hall–Kier alpha value is -1.16. The Morgan fingerprint density at radius 1 is 1.18 bits per heavy atom. The quantitative estimate of drug-likeness (QED) is 0.906. The van der Waals surface area contributed by atoms with Gasteiger partial charge in [0, 0.05) is 21.8 Å². The molecular weight excluding hydrogens is 262 g/mol. The summed E-state index contributed by atoms with van der Waals surface area (Å²) in [5, 5.41) is 0.940. The Balaban J connectivity index is 2.43. The fourth-order valence-electron chi connectivity index (χ4n) is 1.57. The number of aromatic nitrogens is 1. The Bertz CT molecular complexity index is 526. The Kier molecular flexibility index (Phi) is 3.62. The van der Waals surface area contributed by atoms with E-state index in [-0.39, 0.29) is 0 Å². The molecule has 0 radical (unpaired) electrons.